The van der Waals surface area contributed by atoms with E-state index in [2.05, 4.69) is 43.4 Å². The number of rotatable bonds is 11. The van der Waals surface area contributed by atoms with Gasteiger partial charge in [-0.05, 0) is 38.6 Å². The number of fused-ring (bicyclic) bond motifs is 1. The number of amides is 1. The lowest BCUT2D eigenvalue weighted by Crippen LogP contribution is -2.29. The van der Waals surface area contributed by atoms with Crippen LogP contribution in [0.1, 0.15) is 36.9 Å². The van der Waals surface area contributed by atoms with Crippen LogP contribution in [0.15, 0.2) is 84.9 Å². The van der Waals surface area contributed by atoms with Gasteiger partial charge in [0.15, 0.2) is 0 Å². The molecule has 0 bridgehead atoms. The zero-order chi connectivity index (χ0) is 25.3. The summed E-state index contributed by atoms with van der Waals surface area (Å²) in [5.41, 5.74) is 4.60. The summed E-state index contributed by atoms with van der Waals surface area (Å²) in [6, 6.07) is 28.1. The Bertz CT molecular complexity index is 1280. The van der Waals surface area contributed by atoms with E-state index in [9.17, 15) is 4.79 Å². The molecule has 0 fully saturated rings. The smallest absolute Gasteiger partial charge is 0.225 e. The molecule has 194 valence electrons. The maximum Gasteiger partial charge on any atom is 0.225 e. The summed E-state index contributed by atoms with van der Waals surface area (Å²) in [6.45, 7) is 3.56. The molecule has 6 heteroatoms. The maximum absolute atomic E-state index is 13.4. The van der Waals surface area contributed by atoms with Gasteiger partial charge >= 0.3 is 0 Å². The van der Waals surface area contributed by atoms with Gasteiger partial charge in [0.1, 0.15) is 11.4 Å². The van der Waals surface area contributed by atoms with E-state index in [-0.39, 0.29) is 30.8 Å². The Kier molecular flexibility index (Phi) is 10.5. The van der Waals surface area contributed by atoms with Crippen molar-refractivity contribution in [2.75, 3.05) is 27.2 Å². The molecule has 0 aliphatic heterocycles. The van der Waals surface area contributed by atoms with Crippen LogP contribution in [0.4, 0.5) is 0 Å². The quantitative estimate of drug-likeness (QED) is 0.232. The maximum atomic E-state index is 13.4. The summed E-state index contributed by atoms with van der Waals surface area (Å²) in [7, 11) is 4.11. The second-order valence-electron chi connectivity index (χ2n) is 9.27. The van der Waals surface area contributed by atoms with Crippen LogP contribution in [-0.4, -0.2) is 43.0 Å². The molecule has 5 nitrogen and oxygen atoms in total. The molecular formula is C31H36ClN3O2. The van der Waals surface area contributed by atoms with Crippen molar-refractivity contribution >= 4 is 29.2 Å². The number of halogens is 1. The molecule has 0 saturated carbocycles. The number of nitrogens with one attached hydrogen (secondary N) is 1. The molecule has 3 aromatic carbocycles. The SMILES string of the molecule is CC[C@H](NC(=O)Cc1c(OCCCN(C)C)c(-c2ccccc2)nc2ccccc12)c1ccccc1.Cl. The van der Waals surface area contributed by atoms with Gasteiger partial charge in [0.25, 0.3) is 0 Å². The average molecular weight is 518 g/mol. The van der Waals surface area contributed by atoms with Gasteiger partial charge in [0, 0.05) is 23.1 Å². The average Bonchev–Trinajstić information content (AvgIpc) is 2.91. The summed E-state index contributed by atoms with van der Waals surface area (Å²) in [4.78, 5) is 20.6. The predicted molar refractivity (Wildman–Crippen MR) is 154 cm³/mol. The van der Waals surface area contributed by atoms with E-state index in [4.69, 9.17) is 9.72 Å². The second kappa shape index (κ2) is 13.8. The van der Waals surface area contributed by atoms with Gasteiger partial charge in [-0.25, -0.2) is 4.98 Å². The number of pyridine rings is 1. The molecule has 1 atom stereocenters. The molecule has 1 aromatic heterocycles. The molecule has 0 radical (unpaired) electrons. The minimum Gasteiger partial charge on any atom is -0.491 e. The number of aromatic nitrogens is 1. The number of carbonyl (C=O) groups excluding carboxylic acids is 1. The fourth-order valence-electron chi connectivity index (χ4n) is 4.45. The molecule has 0 saturated heterocycles. The third-order valence-corrected chi connectivity index (χ3v) is 6.28. The number of nitrogens with zero attached hydrogens (tertiary/aromatic N) is 2. The minimum atomic E-state index is -0.0372. The zero-order valence-electron chi connectivity index (χ0n) is 21.8. The van der Waals surface area contributed by atoms with Crippen LogP contribution in [-0.2, 0) is 11.2 Å². The van der Waals surface area contributed by atoms with Crippen molar-refractivity contribution in [3.8, 4) is 17.0 Å². The van der Waals surface area contributed by atoms with Crippen molar-refractivity contribution in [2.24, 2.45) is 0 Å². The van der Waals surface area contributed by atoms with E-state index >= 15 is 0 Å². The molecular weight excluding hydrogens is 482 g/mol. The number of benzene rings is 3. The summed E-state index contributed by atoms with van der Waals surface area (Å²) in [5, 5.41) is 4.19. The monoisotopic (exact) mass is 517 g/mol. The first-order chi connectivity index (χ1) is 17.6. The van der Waals surface area contributed by atoms with Crippen LogP contribution in [0.2, 0.25) is 0 Å². The first-order valence-electron chi connectivity index (χ1n) is 12.7. The largest absolute Gasteiger partial charge is 0.491 e. The molecule has 1 amide bonds. The van der Waals surface area contributed by atoms with Crippen molar-refractivity contribution in [3.63, 3.8) is 0 Å². The molecule has 4 rings (SSSR count). The van der Waals surface area contributed by atoms with Crippen LogP contribution < -0.4 is 10.1 Å². The zero-order valence-corrected chi connectivity index (χ0v) is 22.6. The Morgan fingerprint density at radius 3 is 2.27 bits per heavy atom. The van der Waals surface area contributed by atoms with Crippen molar-refractivity contribution in [1.29, 1.82) is 0 Å². The highest BCUT2D eigenvalue weighted by atomic mass is 35.5. The van der Waals surface area contributed by atoms with Crippen LogP contribution >= 0.6 is 12.4 Å². The third kappa shape index (κ3) is 7.31. The van der Waals surface area contributed by atoms with Crippen molar-refractivity contribution < 1.29 is 9.53 Å². The molecule has 1 N–H and O–H groups in total. The summed E-state index contributed by atoms with van der Waals surface area (Å²) in [6.07, 6.45) is 1.91. The van der Waals surface area contributed by atoms with Crippen molar-refractivity contribution in [1.82, 2.24) is 15.2 Å². The Labute approximate surface area is 226 Å². The number of carbonyl (C=O) groups is 1. The highest BCUT2D eigenvalue weighted by Crippen LogP contribution is 2.37. The highest BCUT2D eigenvalue weighted by molar-refractivity contribution is 5.93. The van der Waals surface area contributed by atoms with E-state index < -0.39 is 0 Å². The van der Waals surface area contributed by atoms with Crippen LogP contribution in [0.3, 0.4) is 0 Å². The lowest BCUT2D eigenvalue weighted by atomic mass is 9.99. The molecule has 0 aliphatic carbocycles. The molecule has 0 spiro atoms. The van der Waals surface area contributed by atoms with Crippen LogP contribution in [0, 0.1) is 0 Å². The van der Waals surface area contributed by atoms with E-state index in [1.54, 1.807) is 0 Å². The Morgan fingerprint density at radius 2 is 1.59 bits per heavy atom. The van der Waals surface area contributed by atoms with Crippen molar-refractivity contribution in [3.05, 3.63) is 96.1 Å². The van der Waals surface area contributed by atoms with Crippen LogP contribution in [0.25, 0.3) is 22.2 Å². The minimum absolute atomic E-state index is 0. The van der Waals surface area contributed by atoms with E-state index in [0.29, 0.717) is 12.4 Å². The van der Waals surface area contributed by atoms with Gasteiger partial charge in [-0.15, -0.1) is 12.4 Å². The summed E-state index contributed by atoms with van der Waals surface area (Å²) in [5.74, 6) is 0.667. The van der Waals surface area contributed by atoms with Gasteiger partial charge in [0.05, 0.1) is 24.6 Å². The fraction of sp³-hybridized carbons (Fsp3) is 0.290. The standard InChI is InChI=1S/C31H35N3O2.ClH/c1-4-27(23-14-7-5-8-15-23)32-29(35)22-26-25-18-11-12-19-28(25)33-30(24-16-9-6-10-17-24)31(26)36-21-13-20-34(2)3;/h5-12,14-19,27H,4,13,20-22H2,1-3H3,(H,32,35);1H/t27-;/m0./s1. The normalized spacial score (nSPS) is 11.7. The summed E-state index contributed by atoms with van der Waals surface area (Å²) >= 11 is 0. The van der Waals surface area contributed by atoms with Crippen LogP contribution in [0.5, 0.6) is 5.75 Å². The lowest BCUT2D eigenvalue weighted by molar-refractivity contribution is -0.121. The van der Waals surface area contributed by atoms with Gasteiger partial charge in [-0.1, -0.05) is 85.8 Å². The molecule has 37 heavy (non-hydrogen) atoms. The first-order valence-corrected chi connectivity index (χ1v) is 12.7. The number of para-hydroxylation sites is 1. The first kappa shape index (κ1) is 28.2. The Hall–Kier alpha value is -3.41. The Balaban J connectivity index is 0.00000380. The van der Waals surface area contributed by atoms with E-state index in [1.807, 2.05) is 72.8 Å². The predicted octanol–water partition coefficient (Wildman–Crippen LogP) is 6.46. The molecule has 4 aromatic rings. The third-order valence-electron chi connectivity index (χ3n) is 6.28. The number of hydrogen-bond donors (Lipinski definition) is 1. The van der Waals surface area contributed by atoms with E-state index in [0.717, 1.165) is 52.7 Å². The van der Waals surface area contributed by atoms with Gasteiger partial charge in [-0.3, -0.25) is 4.79 Å². The molecule has 1 heterocycles. The highest BCUT2D eigenvalue weighted by Gasteiger charge is 2.21. The molecule has 0 aliphatic rings. The molecule has 0 unspecified atom stereocenters. The van der Waals surface area contributed by atoms with Gasteiger partial charge in [0.2, 0.25) is 5.91 Å². The lowest BCUT2D eigenvalue weighted by Gasteiger charge is -2.21. The second-order valence-corrected chi connectivity index (χ2v) is 9.27. The van der Waals surface area contributed by atoms with Gasteiger partial charge < -0.3 is 15.0 Å². The van der Waals surface area contributed by atoms with Crippen molar-refractivity contribution in [2.45, 2.75) is 32.2 Å². The van der Waals surface area contributed by atoms with Gasteiger partial charge in [-0.2, -0.15) is 0 Å². The number of hydrogen-bond acceptors (Lipinski definition) is 4. The Morgan fingerprint density at radius 1 is 0.946 bits per heavy atom. The summed E-state index contributed by atoms with van der Waals surface area (Å²) < 4.78 is 6.43. The van der Waals surface area contributed by atoms with E-state index in [1.165, 1.54) is 0 Å². The topological polar surface area (TPSA) is 54.5 Å². The number of ether oxygens (including phenoxy) is 1. The fourth-order valence-corrected chi connectivity index (χ4v) is 4.45.